The Hall–Kier alpha value is -1.57. The van der Waals surface area contributed by atoms with E-state index >= 15 is 0 Å². The standard InChI is InChI=1S/C11H15F3N4O/c1-18(5-6-2-7(19)3-6)9-4-8(11(12,13)14)16-10(15)17-9/h4,6-7,19H,2-3,5H2,1H3,(H2,15,16,17). The van der Waals surface area contributed by atoms with Gasteiger partial charge in [0.25, 0.3) is 0 Å². The molecule has 5 nitrogen and oxygen atoms in total. The van der Waals surface area contributed by atoms with E-state index < -0.39 is 17.8 Å². The van der Waals surface area contributed by atoms with Crippen LogP contribution in [0.15, 0.2) is 6.07 Å². The Balaban J connectivity index is 2.12. The molecule has 1 aliphatic carbocycles. The molecule has 1 aromatic heterocycles. The topological polar surface area (TPSA) is 75.3 Å². The maximum atomic E-state index is 12.6. The van der Waals surface area contributed by atoms with E-state index in [9.17, 15) is 18.3 Å². The number of aromatic nitrogens is 2. The van der Waals surface area contributed by atoms with Gasteiger partial charge in [-0.2, -0.15) is 18.2 Å². The van der Waals surface area contributed by atoms with E-state index in [-0.39, 0.29) is 17.8 Å². The van der Waals surface area contributed by atoms with Crippen molar-refractivity contribution in [2.45, 2.75) is 25.1 Å². The van der Waals surface area contributed by atoms with Gasteiger partial charge in [-0.3, -0.25) is 0 Å². The van der Waals surface area contributed by atoms with Crippen molar-refractivity contribution >= 4 is 11.8 Å². The van der Waals surface area contributed by atoms with E-state index in [1.807, 2.05) is 0 Å². The van der Waals surface area contributed by atoms with Gasteiger partial charge in [-0.05, 0) is 18.8 Å². The van der Waals surface area contributed by atoms with Crippen molar-refractivity contribution in [2.75, 3.05) is 24.2 Å². The Morgan fingerprint density at radius 3 is 2.58 bits per heavy atom. The number of anilines is 2. The molecule has 0 radical (unpaired) electrons. The van der Waals surface area contributed by atoms with E-state index in [1.54, 1.807) is 11.9 Å². The van der Waals surface area contributed by atoms with Crippen LogP contribution in [0.25, 0.3) is 0 Å². The quantitative estimate of drug-likeness (QED) is 0.870. The molecule has 0 aromatic carbocycles. The zero-order chi connectivity index (χ0) is 14.2. The van der Waals surface area contributed by atoms with Crippen LogP contribution in [0.3, 0.4) is 0 Å². The van der Waals surface area contributed by atoms with Gasteiger partial charge in [0.05, 0.1) is 6.10 Å². The lowest BCUT2D eigenvalue weighted by molar-refractivity contribution is -0.141. The summed E-state index contributed by atoms with van der Waals surface area (Å²) < 4.78 is 37.8. The Bertz CT molecular complexity index is 460. The molecule has 8 heteroatoms. The van der Waals surface area contributed by atoms with Gasteiger partial charge in [0.2, 0.25) is 5.95 Å². The maximum absolute atomic E-state index is 12.6. The highest BCUT2D eigenvalue weighted by molar-refractivity contribution is 5.43. The molecule has 1 aliphatic rings. The van der Waals surface area contributed by atoms with Gasteiger partial charge < -0.3 is 15.7 Å². The predicted octanol–water partition coefficient (Wildman–Crippen LogP) is 1.28. The number of halogens is 3. The number of nitrogens with zero attached hydrogens (tertiary/aromatic N) is 3. The summed E-state index contributed by atoms with van der Waals surface area (Å²) in [5.74, 6) is 0.0112. The van der Waals surface area contributed by atoms with E-state index in [1.165, 1.54) is 0 Å². The van der Waals surface area contributed by atoms with Crippen molar-refractivity contribution in [3.63, 3.8) is 0 Å². The SMILES string of the molecule is CN(CC1CC(O)C1)c1cc(C(F)(F)F)nc(N)n1. The minimum absolute atomic E-state index is 0.140. The molecule has 0 unspecified atom stereocenters. The number of alkyl halides is 3. The van der Waals surface area contributed by atoms with Gasteiger partial charge in [0.15, 0.2) is 5.69 Å². The molecule has 0 aliphatic heterocycles. The minimum atomic E-state index is -4.54. The molecule has 2 rings (SSSR count). The summed E-state index contributed by atoms with van der Waals surface area (Å²) in [6.07, 6.45) is -3.51. The summed E-state index contributed by atoms with van der Waals surface area (Å²) in [6, 6.07) is 0.880. The molecule has 1 heterocycles. The Morgan fingerprint density at radius 2 is 2.05 bits per heavy atom. The van der Waals surface area contributed by atoms with E-state index in [2.05, 4.69) is 9.97 Å². The number of nitrogen functional groups attached to an aromatic ring is 1. The van der Waals surface area contributed by atoms with Gasteiger partial charge in [0.1, 0.15) is 5.82 Å². The summed E-state index contributed by atoms with van der Waals surface area (Å²) in [6.45, 7) is 0.533. The average Bonchev–Trinajstić information content (AvgIpc) is 2.24. The van der Waals surface area contributed by atoms with Crippen LogP contribution in [0.2, 0.25) is 0 Å². The van der Waals surface area contributed by atoms with Crippen molar-refractivity contribution in [3.8, 4) is 0 Å². The van der Waals surface area contributed by atoms with E-state index in [4.69, 9.17) is 5.73 Å². The number of hydrogen-bond acceptors (Lipinski definition) is 5. The first-order valence-electron chi connectivity index (χ1n) is 5.86. The summed E-state index contributed by atoms with van der Waals surface area (Å²) in [5.41, 5.74) is 4.26. The molecular formula is C11H15F3N4O. The molecule has 1 aromatic rings. The van der Waals surface area contributed by atoms with Gasteiger partial charge in [-0.25, -0.2) is 4.98 Å². The van der Waals surface area contributed by atoms with Crippen LogP contribution in [-0.2, 0) is 6.18 Å². The molecule has 0 spiro atoms. The molecule has 3 N–H and O–H groups in total. The highest BCUT2D eigenvalue weighted by Crippen LogP contribution is 2.32. The molecular weight excluding hydrogens is 261 g/mol. The van der Waals surface area contributed by atoms with Crippen LogP contribution in [0.4, 0.5) is 24.9 Å². The zero-order valence-corrected chi connectivity index (χ0v) is 10.4. The number of nitrogens with two attached hydrogens (primary N) is 1. The fourth-order valence-electron chi connectivity index (χ4n) is 2.12. The van der Waals surface area contributed by atoms with Crippen molar-refractivity contribution in [1.29, 1.82) is 0 Å². The normalized spacial score (nSPS) is 23.0. The first kappa shape index (κ1) is 13.9. The van der Waals surface area contributed by atoms with Crippen molar-refractivity contribution in [1.82, 2.24) is 9.97 Å². The molecule has 106 valence electrons. The van der Waals surface area contributed by atoms with Crippen LogP contribution in [0, 0.1) is 5.92 Å². The summed E-state index contributed by atoms with van der Waals surface area (Å²) in [5, 5.41) is 9.18. The smallest absolute Gasteiger partial charge is 0.393 e. The third kappa shape index (κ3) is 3.25. The lowest BCUT2D eigenvalue weighted by Gasteiger charge is -2.34. The Morgan fingerprint density at radius 1 is 1.42 bits per heavy atom. The third-order valence-electron chi connectivity index (χ3n) is 3.15. The van der Waals surface area contributed by atoms with Crippen LogP contribution in [0.5, 0.6) is 0 Å². The molecule has 0 saturated heterocycles. The first-order valence-corrected chi connectivity index (χ1v) is 5.86. The van der Waals surface area contributed by atoms with E-state index in [0.717, 1.165) is 6.07 Å². The van der Waals surface area contributed by atoms with Gasteiger partial charge in [-0.15, -0.1) is 0 Å². The van der Waals surface area contributed by atoms with Crippen molar-refractivity contribution < 1.29 is 18.3 Å². The number of rotatable bonds is 3. The average molecular weight is 276 g/mol. The molecule has 0 atom stereocenters. The highest BCUT2D eigenvalue weighted by atomic mass is 19.4. The number of aliphatic hydroxyl groups excluding tert-OH is 1. The van der Waals surface area contributed by atoms with Crippen LogP contribution in [-0.4, -0.2) is 34.8 Å². The molecule has 0 amide bonds. The minimum Gasteiger partial charge on any atom is -0.393 e. The van der Waals surface area contributed by atoms with Gasteiger partial charge in [-0.1, -0.05) is 0 Å². The molecule has 1 saturated carbocycles. The number of hydrogen-bond donors (Lipinski definition) is 2. The van der Waals surface area contributed by atoms with Crippen LogP contribution >= 0.6 is 0 Å². The second-order valence-corrected chi connectivity index (χ2v) is 4.84. The van der Waals surface area contributed by atoms with Crippen molar-refractivity contribution in [3.05, 3.63) is 11.8 Å². The predicted molar refractivity (Wildman–Crippen MR) is 63.4 cm³/mol. The molecule has 19 heavy (non-hydrogen) atoms. The first-order chi connectivity index (χ1) is 8.75. The summed E-state index contributed by atoms with van der Waals surface area (Å²) >= 11 is 0. The number of aliphatic hydroxyl groups is 1. The highest BCUT2D eigenvalue weighted by Gasteiger charge is 2.34. The van der Waals surface area contributed by atoms with E-state index in [0.29, 0.717) is 19.4 Å². The maximum Gasteiger partial charge on any atom is 0.433 e. The van der Waals surface area contributed by atoms with Gasteiger partial charge >= 0.3 is 6.18 Å². The zero-order valence-electron chi connectivity index (χ0n) is 10.4. The fraction of sp³-hybridized carbons (Fsp3) is 0.636. The summed E-state index contributed by atoms with van der Waals surface area (Å²) in [4.78, 5) is 8.60. The monoisotopic (exact) mass is 276 g/mol. The molecule has 0 bridgehead atoms. The second-order valence-electron chi connectivity index (χ2n) is 4.84. The largest absolute Gasteiger partial charge is 0.433 e. The van der Waals surface area contributed by atoms with Crippen LogP contribution in [0.1, 0.15) is 18.5 Å². The van der Waals surface area contributed by atoms with Crippen LogP contribution < -0.4 is 10.6 Å². The fourth-order valence-corrected chi connectivity index (χ4v) is 2.12. The summed E-state index contributed by atoms with van der Waals surface area (Å²) in [7, 11) is 1.65. The Labute approximate surface area is 108 Å². The van der Waals surface area contributed by atoms with Gasteiger partial charge in [0, 0.05) is 19.7 Å². The van der Waals surface area contributed by atoms with Crippen molar-refractivity contribution in [2.24, 2.45) is 5.92 Å². The lowest BCUT2D eigenvalue weighted by atomic mass is 9.82. The Kier molecular flexibility index (Phi) is 3.53. The lowest BCUT2D eigenvalue weighted by Crippen LogP contribution is -2.37. The second kappa shape index (κ2) is 4.84. The third-order valence-corrected chi connectivity index (χ3v) is 3.15. The molecule has 1 fully saturated rings.